The maximum Gasteiger partial charge on any atom is 0.337 e. The Morgan fingerprint density at radius 3 is 3.00 bits per heavy atom. The lowest BCUT2D eigenvalue weighted by Crippen LogP contribution is -2.16. The van der Waals surface area contributed by atoms with E-state index in [1.165, 1.54) is 6.07 Å². The van der Waals surface area contributed by atoms with Crippen LogP contribution in [0.2, 0.25) is 0 Å². The fourth-order valence-electron chi connectivity index (χ4n) is 1.52. The minimum atomic E-state index is -0.788. The summed E-state index contributed by atoms with van der Waals surface area (Å²) in [6, 6.07) is 3.21. The van der Waals surface area contributed by atoms with E-state index in [-0.39, 0.29) is 11.7 Å². The third-order valence-corrected chi connectivity index (χ3v) is 2.97. The summed E-state index contributed by atoms with van der Waals surface area (Å²) < 4.78 is 5.64. The fraction of sp³-hybridized carbons (Fsp3) is 0.200. The first-order valence-corrected chi connectivity index (χ1v) is 5.34. The van der Waals surface area contributed by atoms with E-state index < -0.39 is 12.6 Å². The molecule has 0 aliphatic carbocycles. The van der Waals surface area contributed by atoms with Gasteiger partial charge in [-0.3, -0.25) is 4.79 Å². The van der Waals surface area contributed by atoms with Gasteiger partial charge in [-0.2, -0.15) is 0 Å². The van der Waals surface area contributed by atoms with Gasteiger partial charge in [0.1, 0.15) is 12.4 Å². The predicted molar refractivity (Wildman–Crippen MR) is 58.0 cm³/mol. The second-order valence-corrected chi connectivity index (χ2v) is 4.07. The summed E-state index contributed by atoms with van der Waals surface area (Å²) in [5.74, 6) is -0.895. The minimum Gasteiger partial charge on any atom is -0.424 e. The summed E-state index contributed by atoms with van der Waals surface area (Å²) in [5.41, 5.74) is 1.10. The van der Waals surface area contributed by atoms with Crippen LogP contribution in [0.3, 0.4) is 0 Å². The molecule has 5 nitrogen and oxygen atoms in total. The summed E-state index contributed by atoms with van der Waals surface area (Å²) in [7, 11) is 0. The van der Waals surface area contributed by atoms with Crippen molar-refractivity contribution in [3.05, 3.63) is 27.7 Å². The van der Waals surface area contributed by atoms with E-state index in [1.807, 2.05) is 0 Å². The first kappa shape index (κ1) is 11.1. The van der Waals surface area contributed by atoms with Crippen LogP contribution in [0.4, 0.5) is 0 Å². The number of halogens is 1. The SMILES string of the molecule is O=C(CO)Oc1ccc(Br)c2c1C(=O)NC2. The molecule has 1 amide bonds. The van der Waals surface area contributed by atoms with E-state index in [2.05, 4.69) is 21.2 Å². The zero-order chi connectivity index (χ0) is 11.7. The van der Waals surface area contributed by atoms with E-state index in [9.17, 15) is 9.59 Å². The van der Waals surface area contributed by atoms with Crippen molar-refractivity contribution < 1.29 is 19.4 Å². The lowest BCUT2D eigenvalue weighted by Gasteiger charge is -2.07. The maximum absolute atomic E-state index is 11.5. The Bertz CT molecular complexity index is 472. The van der Waals surface area contributed by atoms with E-state index in [0.717, 1.165) is 10.0 Å². The number of rotatable bonds is 2. The molecule has 0 saturated heterocycles. The van der Waals surface area contributed by atoms with Gasteiger partial charge in [0.15, 0.2) is 0 Å². The van der Waals surface area contributed by atoms with Crippen molar-refractivity contribution >= 4 is 27.8 Å². The molecule has 0 saturated carbocycles. The molecule has 6 heteroatoms. The van der Waals surface area contributed by atoms with E-state index in [4.69, 9.17) is 9.84 Å². The molecular weight excluding hydrogens is 278 g/mol. The third-order valence-electron chi connectivity index (χ3n) is 2.22. The molecular formula is C10H8BrNO4. The van der Waals surface area contributed by atoms with Gasteiger partial charge in [0.05, 0.1) is 5.56 Å². The predicted octanol–water partition coefficient (Wildman–Crippen LogP) is 0.590. The number of esters is 1. The summed E-state index contributed by atoms with van der Waals surface area (Å²) in [5, 5.41) is 11.2. The van der Waals surface area contributed by atoms with Crippen LogP contribution < -0.4 is 10.1 Å². The van der Waals surface area contributed by atoms with Gasteiger partial charge < -0.3 is 15.2 Å². The number of carbonyl (C=O) groups excluding carboxylic acids is 2. The Hall–Kier alpha value is -1.40. The Labute approximate surface area is 99.5 Å². The number of amides is 1. The number of aliphatic hydroxyl groups excluding tert-OH is 1. The maximum atomic E-state index is 11.5. The molecule has 0 spiro atoms. The molecule has 1 heterocycles. The van der Waals surface area contributed by atoms with Crippen LogP contribution in [0.15, 0.2) is 16.6 Å². The van der Waals surface area contributed by atoms with Crippen molar-refractivity contribution in [3.63, 3.8) is 0 Å². The van der Waals surface area contributed by atoms with Crippen LogP contribution >= 0.6 is 15.9 Å². The van der Waals surface area contributed by atoms with E-state index >= 15 is 0 Å². The zero-order valence-corrected chi connectivity index (χ0v) is 9.70. The molecule has 0 fully saturated rings. The summed E-state index contributed by atoms with van der Waals surface area (Å²) >= 11 is 3.31. The Kier molecular flexibility index (Phi) is 2.93. The van der Waals surface area contributed by atoms with Crippen molar-refractivity contribution in [2.75, 3.05) is 6.61 Å². The van der Waals surface area contributed by atoms with Crippen LogP contribution in [-0.2, 0) is 11.3 Å². The Morgan fingerprint density at radius 2 is 2.31 bits per heavy atom. The quantitative estimate of drug-likeness (QED) is 0.616. The van der Waals surface area contributed by atoms with Crippen molar-refractivity contribution in [2.24, 2.45) is 0 Å². The van der Waals surface area contributed by atoms with Gasteiger partial charge >= 0.3 is 5.97 Å². The molecule has 1 aliphatic heterocycles. The highest BCUT2D eigenvalue weighted by Gasteiger charge is 2.26. The topological polar surface area (TPSA) is 75.6 Å². The number of carbonyl (C=O) groups is 2. The van der Waals surface area contributed by atoms with Crippen molar-refractivity contribution in [1.82, 2.24) is 5.32 Å². The molecule has 1 aromatic carbocycles. The molecule has 2 rings (SSSR count). The van der Waals surface area contributed by atoms with Crippen molar-refractivity contribution in [3.8, 4) is 5.75 Å². The van der Waals surface area contributed by atoms with Crippen molar-refractivity contribution in [2.45, 2.75) is 6.54 Å². The standard InChI is InChI=1S/C10H8BrNO4/c11-6-1-2-7(16-8(14)4-13)9-5(6)3-12-10(9)15/h1-2,13H,3-4H2,(H,12,15). The molecule has 84 valence electrons. The number of hydrogen-bond donors (Lipinski definition) is 2. The minimum absolute atomic E-state index is 0.173. The highest BCUT2D eigenvalue weighted by Crippen LogP contribution is 2.32. The van der Waals surface area contributed by atoms with Gasteiger partial charge in [0, 0.05) is 16.6 Å². The number of fused-ring (bicyclic) bond motifs is 1. The van der Waals surface area contributed by atoms with Gasteiger partial charge in [-0.15, -0.1) is 0 Å². The average molecular weight is 286 g/mol. The molecule has 1 aliphatic rings. The lowest BCUT2D eigenvalue weighted by atomic mass is 10.1. The van der Waals surface area contributed by atoms with Crippen LogP contribution in [0.5, 0.6) is 5.75 Å². The second kappa shape index (κ2) is 4.23. The summed E-state index contributed by atoms with van der Waals surface area (Å²) in [6.07, 6.45) is 0. The summed E-state index contributed by atoms with van der Waals surface area (Å²) in [4.78, 5) is 22.5. The van der Waals surface area contributed by atoms with Gasteiger partial charge in [-0.05, 0) is 12.1 Å². The summed E-state index contributed by atoms with van der Waals surface area (Å²) in [6.45, 7) is -0.314. The molecule has 0 unspecified atom stereocenters. The second-order valence-electron chi connectivity index (χ2n) is 3.21. The molecule has 0 bridgehead atoms. The molecule has 1 aromatic rings. The highest BCUT2D eigenvalue weighted by molar-refractivity contribution is 9.10. The molecule has 0 atom stereocenters. The molecule has 2 N–H and O–H groups in total. The largest absolute Gasteiger partial charge is 0.424 e. The lowest BCUT2D eigenvalue weighted by molar-refractivity contribution is -0.137. The van der Waals surface area contributed by atoms with Crippen LogP contribution in [-0.4, -0.2) is 23.6 Å². The van der Waals surface area contributed by atoms with Gasteiger partial charge in [-0.1, -0.05) is 15.9 Å². The van der Waals surface area contributed by atoms with Gasteiger partial charge in [0.25, 0.3) is 5.91 Å². The first-order chi connectivity index (χ1) is 7.63. The van der Waals surface area contributed by atoms with Gasteiger partial charge in [-0.25, -0.2) is 4.79 Å². The Morgan fingerprint density at radius 1 is 1.56 bits per heavy atom. The highest BCUT2D eigenvalue weighted by atomic mass is 79.9. The molecule has 16 heavy (non-hydrogen) atoms. The Balaban J connectivity index is 2.44. The zero-order valence-electron chi connectivity index (χ0n) is 8.12. The van der Waals surface area contributed by atoms with E-state index in [1.54, 1.807) is 6.07 Å². The van der Waals surface area contributed by atoms with Crippen LogP contribution in [0, 0.1) is 0 Å². The average Bonchev–Trinajstić information content (AvgIpc) is 2.66. The van der Waals surface area contributed by atoms with Crippen LogP contribution in [0.25, 0.3) is 0 Å². The smallest absolute Gasteiger partial charge is 0.337 e. The fourth-order valence-corrected chi connectivity index (χ4v) is 1.99. The third kappa shape index (κ3) is 1.81. The van der Waals surface area contributed by atoms with Crippen molar-refractivity contribution in [1.29, 1.82) is 0 Å². The number of aliphatic hydroxyl groups is 1. The van der Waals surface area contributed by atoms with Gasteiger partial charge in [0.2, 0.25) is 0 Å². The number of benzene rings is 1. The molecule has 0 aromatic heterocycles. The number of hydrogen-bond acceptors (Lipinski definition) is 4. The molecule has 0 radical (unpaired) electrons. The normalized spacial score (nSPS) is 13.2. The van der Waals surface area contributed by atoms with E-state index in [0.29, 0.717) is 12.1 Å². The number of ether oxygens (including phenoxy) is 1. The number of nitrogens with one attached hydrogen (secondary N) is 1. The van der Waals surface area contributed by atoms with Crippen LogP contribution in [0.1, 0.15) is 15.9 Å². The first-order valence-electron chi connectivity index (χ1n) is 4.54. The monoisotopic (exact) mass is 285 g/mol.